The summed E-state index contributed by atoms with van der Waals surface area (Å²) in [4.78, 5) is 16.0. The molecule has 2 nitrogen and oxygen atoms in total. The van der Waals surface area contributed by atoms with E-state index in [2.05, 4.69) is 17.1 Å². The molecule has 4 heteroatoms. The largest absolute Gasteiger partial charge is 0.302 e. The van der Waals surface area contributed by atoms with Crippen molar-refractivity contribution in [3.8, 4) is 0 Å². The van der Waals surface area contributed by atoms with E-state index >= 15 is 0 Å². The molecule has 108 valence electrons. The number of hydrogen-bond donors (Lipinski definition) is 0. The second kappa shape index (κ2) is 6.20. The van der Waals surface area contributed by atoms with Crippen LogP contribution >= 0.6 is 23.4 Å². The van der Waals surface area contributed by atoms with Crippen molar-refractivity contribution in [3.05, 3.63) is 59.2 Å². The van der Waals surface area contributed by atoms with Gasteiger partial charge in [0.15, 0.2) is 0 Å². The summed E-state index contributed by atoms with van der Waals surface area (Å²) in [7, 11) is 0. The van der Waals surface area contributed by atoms with Crippen molar-refractivity contribution in [3.63, 3.8) is 0 Å². The van der Waals surface area contributed by atoms with Crippen molar-refractivity contribution in [2.24, 2.45) is 0 Å². The summed E-state index contributed by atoms with van der Waals surface area (Å²) >= 11 is 7.54. The van der Waals surface area contributed by atoms with Crippen molar-refractivity contribution >= 4 is 29.6 Å². The zero-order valence-electron chi connectivity index (χ0n) is 11.5. The second-order valence-corrected chi connectivity index (χ2v) is 6.96. The number of rotatable bonds is 5. The molecule has 0 bridgehead atoms. The van der Waals surface area contributed by atoms with Gasteiger partial charge in [-0.2, -0.15) is 0 Å². The van der Waals surface area contributed by atoms with Gasteiger partial charge in [0.2, 0.25) is 0 Å². The molecule has 3 rings (SSSR count). The van der Waals surface area contributed by atoms with Gasteiger partial charge in [-0.1, -0.05) is 48.0 Å². The number of halogens is 1. The first-order chi connectivity index (χ1) is 10.2. The van der Waals surface area contributed by atoms with E-state index in [0.717, 1.165) is 35.6 Å². The summed E-state index contributed by atoms with van der Waals surface area (Å²) in [6.45, 7) is 0. The van der Waals surface area contributed by atoms with Crippen LogP contribution in [-0.4, -0.2) is 16.5 Å². The Morgan fingerprint density at radius 3 is 2.48 bits per heavy atom. The van der Waals surface area contributed by atoms with Crippen molar-refractivity contribution in [2.45, 2.75) is 35.0 Å². The van der Waals surface area contributed by atoms with Gasteiger partial charge in [-0.25, -0.2) is 4.98 Å². The van der Waals surface area contributed by atoms with Gasteiger partial charge in [0.05, 0.1) is 10.3 Å². The fourth-order valence-corrected chi connectivity index (χ4v) is 4.21. The highest BCUT2D eigenvalue weighted by Gasteiger charge is 2.46. The third-order valence-electron chi connectivity index (χ3n) is 4.22. The Morgan fingerprint density at radius 2 is 1.95 bits per heavy atom. The number of benzene rings is 1. The summed E-state index contributed by atoms with van der Waals surface area (Å²) in [5, 5.41) is 1.52. The monoisotopic (exact) mass is 317 g/mol. The van der Waals surface area contributed by atoms with Crippen molar-refractivity contribution in [1.82, 2.24) is 4.98 Å². The topological polar surface area (TPSA) is 30.0 Å². The van der Waals surface area contributed by atoms with Gasteiger partial charge in [-0.3, -0.25) is 0 Å². The number of aldehydes is 1. The molecule has 1 saturated carbocycles. The van der Waals surface area contributed by atoms with Crippen LogP contribution in [0.25, 0.3) is 0 Å². The van der Waals surface area contributed by atoms with E-state index in [1.807, 2.05) is 30.3 Å². The van der Waals surface area contributed by atoms with E-state index in [9.17, 15) is 4.79 Å². The lowest BCUT2D eigenvalue weighted by Crippen LogP contribution is -2.44. The first kappa shape index (κ1) is 14.6. The van der Waals surface area contributed by atoms with Gasteiger partial charge >= 0.3 is 0 Å². The summed E-state index contributed by atoms with van der Waals surface area (Å²) in [6.07, 6.45) is 6.08. The van der Waals surface area contributed by atoms with E-state index in [-0.39, 0.29) is 10.7 Å². The minimum absolute atomic E-state index is 0.0749. The van der Waals surface area contributed by atoms with Gasteiger partial charge in [0, 0.05) is 16.6 Å². The Morgan fingerprint density at radius 1 is 1.19 bits per heavy atom. The molecule has 21 heavy (non-hydrogen) atoms. The van der Waals surface area contributed by atoms with E-state index in [0.29, 0.717) is 0 Å². The highest BCUT2D eigenvalue weighted by Crippen LogP contribution is 2.50. The predicted octanol–water partition coefficient (Wildman–Crippen LogP) is 4.52. The van der Waals surface area contributed by atoms with Crippen LogP contribution in [0.2, 0.25) is 5.02 Å². The number of carbonyl (C=O) groups is 1. The maximum Gasteiger partial charge on any atom is 0.134 e. The number of thioether (sulfide) groups is 1. The standard InChI is InChI=1S/C17H16ClNOS/c18-14-7-5-13(6-8-14)17(9-3-10-17)15(12-20)21-16-4-1-2-11-19-16/h1-2,4-8,11-12,15H,3,9-10H2. The normalized spacial score (nSPS) is 17.8. The number of carbonyl (C=O) groups excluding carboxylic acids is 1. The minimum atomic E-state index is -0.109. The molecule has 1 aliphatic rings. The molecule has 0 radical (unpaired) electrons. The molecule has 1 aromatic heterocycles. The maximum atomic E-state index is 11.7. The molecule has 0 N–H and O–H groups in total. The molecule has 1 aliphatic carbocycles. The molecule has 0 saturated heterocycles. The molecule has 0 amide bonds. The van der Waals surface area contributed by atoms with Crippen molar-refractivity contribution in [1.29, 1.82) is 0 Å². The lowest BCUT2D eigenvalue weighted by molar-refractivity contribution is -0.109. The van der Waals surface area contributed by atoms with Crippen LogP contribution in [0.1, 0.15) is 24.8 Å². The summed E-state index contributed by atoms with van der Waals surface area (Å²) < 4.78 is 0. The lowest BCUT2D eigenvalue weighted by Gasteiger charge is -2.46. The minimum Gasteiger partial charge on any atom is -0.302 e. The van der Waals surface area contributed by atoms with Crippen molar-refractivity contribution in [2.75, 3.05) is 0 Å². The molecular formula is C17H16ClNOS. The first-order valence-electron chi connectivity index (χ1n) is 7.04. The van der Waals surface area contributed by atoms with E-state index < -0.39 is 0 Å². The molecule has 1 unspecified atom stereocenters. The van der Waals surface area contributed by atoms with Crippen LogP contribution in [0.15, 0.2) is 53.7 Å². The van der Waals surface area contributed by atoms with Gasteiger partial charge in [-0.15, -0.1) is 0 Å². The third kappa shape index (κ3) is 2.85. The van der Waals surface area contributed by atoms with Gasteiger partial charge < -0.3 is 4.79 Å². The van der Waals surface area contributed by atoms with Crippen LogP contribution < -0.4 is 0 Å². The van der Waals surface area contributed by atoms with Crippen LogP contribution in [0, 0.1) is 0 Å². The van der Waals surface area contributed by atoms with Gasteiger partial charge in [-0.05, 0) is 42.7 Å². The summed E-state index contributed by atoms with van der Waals surface area (Å²) in [5.74, 6) is 0. The molecular weight excluding hydrogens is 302 g/mol. The van der Waals surface area contributed by atoms with Crippen LogP contribution in [0.3, 0.4) is 0 Å². The first-order valence-corrected chi connectivity index (χ1v) is 8.29. The van der Waals surface area contributed by atoms with Gasteiger partial charge in [0.1, 0.15) is 6.29 Å². The Kier molecular flexibility index (Phi) is 4.32. The average Bonchev–Trinajstić information content (AvgIpc) is 2.48. The number of nitrogens with zero attached hydrogens (tertiary/aromatic N) is 1. The fraction of sp³-hybridized carbons (Fsp3) is 0.294. The number of aromatic nitrogens is 1. The summed E-state index contributed by atoms with van der Waals surface area (Å²) in [6, 6.07) is 13.7. The van der Waals surface area contributed by atoms with Crippen LogP contribution in [-0.2, 0) is 10.2 Å². The number of hydrogen-bond acceptors (Lipinski definition) is 3. The lowest BCUT2D eigenvalue weighted by atomic mass is 9.62. The van der Waals surface area contributed by atoms with Gasteiger partial charge in [0.25, 0.3) is 0 Å². The quantitative estimate of drug-likeness (QED) is 0.600. The number of pyridine rings is 1. The Labute approximate surface area is 133 Å². The molecule has 2 aromatic rings. The SMILES string of the molecule is O=CC(Sc1ccccn1)C1(c2ccc(Cl)cc2)CCC1. The van der Waals surface area contributed by atoms with Crippen LogP contribution in [0.5, 0.6) is 0 Å². The molecule has 0 spiro atoms. The summed E-state index contributed by atoms with van der Waals surface area (Å²) in [5.41, 5.74) is 1.13. The fourth-order valence-electron chi connectivity index (χ4n) is 2.89. The molecule has 0 aliphatic heterocycles. The van der Waals surface area contributed by atoms with Crippen LogP contribution in [0.4, 0.5) is 0 Å². The molecule has 1 aromatic carbocycles. The molecule has 1 atom stereocenters. The van der Waals surface area contributed by atoms with E-state index in [4.69, 9.17) is 11.6 Å². The smallest absolute Gasteiger partial charge is 0.134 e. The van der Waals surface area contributed by atoms with E-state index in [1.165, 1.54) is 5.56 Å². The zero-order valence-corrected chi connectivity index (χ0v) is 13.1. The highest BCUT2D eigenvalue weighted by atomic mass is 35.5. The Bertz CT molecular complexity index is 610. The highest BCUT2D eigenvalue weighted by molar-refractivity contribution is 8.00. The third-order valence-corrected chi connectivity index (χ3v) is 5.77. The Balaban J connectivity index is 1.89. The average molecular weight is 318 g/mol. The Hall–Kier alpha value is -1.32. The zero-order chi connectivity index (χ0) is 14.7. The second-order valence-electron chi connectivity index (χ2n) is 5.36. The molecule has 1 heterocycles. The maximum absolute atomic E-state index is 11.7. The predicted molar refractivity (Wildman–Crippen MR) is 86.9 cm³/mol. The molecule has 1 fully saturated rings. The van der Waals surface area contributed by atoms with Crippen molar-refractivity contribution < 1.29 is 4.79 Å². The van der Waals surface area contributed by atoms with E-state index in [1.54, 1.807) is 18.0 Å².